The number of nitrogens with two attached hydrogens (primary N) is 1. The topological polar surface area (TPSA) is 108 Å². The van der Waals surface area contributed by atoms with Crippen LogP contribution in [0.25, 0.3) is 31.4 Å². The van der Waals surface area contributed by atoms with E-state index in [4.69, 9.17) is 11.1 Å². The molecule has 7 heteroatoms. The molecular formula is C23H17N5OS. The van der Waals surface area contributed by atoms with Crippen LogP contribution >= 0.6 is 11.3 Å². The molecular weight excluding hydrogens is 394 g/mol. The van der Waals surface area contributed by atoms with Crippen molar-refractivity contribution < 1.29 is 4.79 Å². The number of thiophene rings is 1. The highest BCUT2D eigenvalue weighted by Gasteiger charge is 2.15. The molecule has 0 aliphatic carbocycles. The second-order valence-corrected chi connectivity index (χ2v) is 8.03. The van der Waals surface area contributed by atoms with Gasteiger partial charge < -0.3 is 16.5 Å². The van der Waals surface area contributed by atoms with E-state index >= 15 is 0 Å². The maximum absolute atomic E-state index is 13.0. The van der Waals surface area contributed by atoms with Gasteiger partial charge in [0.1, 0.15) is 0 Å². The molecule has 0 saturated carbocycles. The third-order valence-electron chi connectivity index (χ3n) is 5.00. The Hall–Kier alpha value is -3.97. The molecule has 3 aromatic carbocycles. The summed E-state index contributed by atoms with van der Waals surface area (Å²) in [5.41, 5.74) is 9.94. The van der Waals surface area contributed by atoms with Gasteiger partial charge in [0.15, 0.2) is 0 Å². The van der Waals surface area contributed by atoms with E-state index in [0.717, 1.165) is 21.3 Å². The zero-order valence-electron chi connectivity index (χ0n) is 15.8. The Bertz CT molecular complexity index is 1400. The number of aromatic amines is 1. The molecule has 0 fully saturated rings. The maximum atomic E-state index is 13.0. The van der Waals surface area contributed by atoms with E-state index in [2.05, 4.69) is 33.7 Å². The highest BCUT2D eigenvalue weighted by atomic mass is 32.1. The number of nitrogens with one attached hydrogen (secondary N) is 3. The molecule has 0 bridgehead atoms. The Morgan fingerprint density at radius 3 is 2.77 bits per heavy atom. The van der Waals surface area contributed by atoms with E-state index in [1.54, 1.807) is 35.7 Å². The van der Waals surface area contributed by atoms with Crippen molar-refractivity contribution in [3.8, 4) is 10.4 Å². The van der Waals surface area contributed by atoms with Crippen molar-refractivity contribution in [2.45, 2.75) is 0 Å². The predicted octanol–water partition coefficient (Wildman–Crippen LogP) is 5.28. The van der Waals surface area contributed by atoms with Crippen LogP contribution in [-0.4, -0.2) is 22.3 Å². The molecule has 5 rings (SSSR count). The number of carbonyl (C=O) groups excluding carboxylic acids is 1. The zero-order chi connectivity index (χ0) is 20.7. The van der Waals surface area contributed by atoms with Crippen molar-refractivity contribution in [1.29, 1.82) is 5.41 Å². The van der Waals surface area contributed by atoms with E-state index in [-0.39, 0.29) is 5.91 Å². The molecule has 0 aliphatic heterocycles. The number of anilines is 2. The number of hydrogen-bond donors (Lipinski definition) is 4. The standard InChI is InChI=1S/C23H17N5OS/c24-11-14-5-6-17(10-19(14)25)27-23(29)15-7-16-12-26-28-22(16)18(8-15)21-9-13-3-1-2-4-20(13)30-21/h1-12,24H,25H2,(H,26,28)(H,27,29). The summed E-state index contributed by atoms with van der Waals surface area (Å²) in [7, 11) is 0. The van der Waals surface area contributed by atoms with Crippen molar-refractivity contribution in [2.75, 3.05) is 11.1 Å². The van der Waals surface area contributed by atoms with Gasteiger partial charge in [0.05, 0.1) is 11.7 Å². The number of benzene rings is 3. The summed E-state index contributed by atoms with van der Waals surface area (Å²) in [4.78, 5) is 14.0. The first-order valence-corrected chi connectivity index (χ1v) is 10.1. The second-order valence-electron chi connectivity index (χ2n) is 6.95. The fraction of sp³-hybridized carbons (Fsp3) is 0. The molecule has 30 heavy (non-hydrogen) atoms. The van der Waals surface area contributed by atoms with Gasteiger partial charge in [0.25, 0.3) is 5.91 Å². The van der Waals surface area contributed by atoms with E-state index < -0.39 is 0 Å². The lowest BCUT2D eigenvalue weighted by Gasteiger charge is -2.09. The molecule has 0 radical (unpaired) electrons. The van der Waals surface area contributed by atoms with Crippen LogP contribution < -0.4 is 11.1 Å². The number of nitrogens with zero attached hydrogens (tertiary/aromatic N) is 1. The van der Waals surface area contributed by atoms with Gasteiger partial charge in [-0.25, -0.2) is 0 Å². The molecule has 0 unspecified atom stereocenters. The summed E-state index contributed by atoms with van der Waals surface area (Å²) < 4.78 is 1.19. The normalized spacial score (nSPS) is 11.1. The van der Waals surface area contributed by atoms with Gasteiger partial charge in [-0.05, 0) is 47.9 Å². The van der Waals surface area contributed by atoms with Gasteiger partial charge >= 0.3 is 0 Å². The summed E-state index contributed by atoms with van der Waals surface area (Å²) >= 11 is 1.68. The SMILES string of the molecule is N=Cc1ccc(NC(=O)c2cc(-c3cc4ccccc4s3)c3[nH]ncc3c2)cc1N. The summed E-state index contributed by atoms with van der Waals surface area (Å²) in [5, 5.41) is 19.5. The number of rotatable bonds is 4. The van der Waals surface area contributed by atoms with Crippen LogP contribution in [0.5, 0.6) is 0 Å². The van der Waals surface area contributed by atoms with Crippen LogP contribution in [0.15, 0.2) is 66.9 Å². The van der Waals surface area contributed by atoms with Gasteiger partial charge in [0.2, 0.25) is 0 Å². The minimum absolute atomic E-state index is 0.234. The second kappa shape index (κ2) is 7.13. The summed E-state index contributed by atoms with van der Waals surface area (Å²) in [6.07, 6.45) is 2.91. The van der Waals surface area contributed by atoms with E-state index in [1.807, 2.05) is 24.3 Å². The van der Waals surface area contributed by atoms with Gasteiger partial charge in [-0.15, -0.1) is 11.3 Å². The molecule has 146 valence electrons. The lowest BCUT2D eigenvalue weighted by atomic mass is 10.0. The van der Waals surface area contributed by atoms with Crippen molar-refractivity contribution in [3.05, 3.63) is 78.0 Å². The first kappa shape index (κ1) is 18.1. The Morgan fingerprint density at radius 2 is 1.97 bits per heavy atom. The van der Waals surface area contributed by atoms with Gasteiger partial charge in [-0.2, -0.15) is 5.10 Å². The van der Waals surface area contributed by atoms with Crippen molar-refractivity contribution in [1.82, 2.24) is 10.2 Å². The van der Waals surface area contributed by atoms with E-state index in [0.29, 0.717) is 22.5 Å². The molecule has 0 atom stereocenters. The highest BCUT2D eigenvalue weighted by molar-refractivity contribution is 7.22. The van der Waals surface area contributed by atoms with Crippen LogP contribution in [0.4, 0.5) is 11.4 Å². The number of fused-ring (bicyclic) bond motifs is 2. The molecule has 0 spiro atoms. The number of H-pyrrole nitrogens is 1. The van der Waals surface area contributed by atoms with E-state index in [1.165, 1.54) is 16.3 Å². The number of aromatic nitrogens is 2. The van der Waals surface area contributed by atoms with E-state index in [9.17, 15) is 4.79 Å². The lowest BCUT2D eigenvalue weighted by molar-refractivity contribution is 0.102. The fourth-order valence-electron chi connectivity index (χ4n) is 3.48. The molecule has 6 nitrogen and oxygen atoms in total. The molecule has 0 saturated heterocycles. The number of nitrogen functional groups attached to an aromatic ring is 1. The van der Waals surface area contributed by atoms with Gasteiger partial charge in [-0.3, -0.25) is 9.89 Å². The lowest BCUT2D eigenvalue weighted by Crippen LogP contribution is -2.12. The quantitative estimate of drug-likeness (QED) is 0.239. The minimum Gasteiger partial charge on any atom is -0.398 e. The largest absolute Gasteiger partial charge is 0.398 e. The van der Waals surface area contributed by atoms with Crippen LogP contribution in [0.1, 0.15) is 15.9 Å². The highest BCUT2D eigenvalue weighted by Crippen LogP contribution is 2.37. The van der Waals surface area contributed by atoms with Crippen molar-refractivity contribution >= 4 is 55.8 Å². The number of amides is 1. The zero-order valence-corrected chi connectivity index (χ0v) is 16.6. The molecule has 5 aromatic rings. The summed E-state index contributed by atoms with van der Waals surface area (Å²) in [6.45, 7) is 0. The first-order chi connectivity index (χ1) is 14.6. The molecule has 0 aliphatic rings. The third-order valence-corrected chi connectivity index (χ3v) is 6.15. The third kappa shape index (κ3) is 3.11. The summed E-state index contributed by atoms with van der Waals surface area (Å²) in [6, 6.07) is 19.1. The first-order valence-electron chi connectivity index (χ1n) is 9.30. The van der Waals surface area contributed by atoms with Crippen LogP contribution in [-0.2, 0) is 0 Å². The smallest absolute Gasteiger partial charge is 0.255 e. The van der Waals surface area contributed by atoms with Crippen LogP contribution in [0.2, 0.25) is 0 Å². The Labute approximate surface area is 175 Å². The Kier molecular flexibility index (Phi) is 4.30. The Balaban J connectivity index is 1.56. The summed E-state index contributed by atoms with van der Waals surface area (Å²) in [5.74, 6) is -0.234. The maximum Gasteiger partial charge on any atom is 0.255 e. The number of carbonyl (C=O) groups is 1. The number of hydrogen-bond acceptors (Lipinski definition) is 5. The molecule has 2 aromatic heterocycles. The average molecular weight is 411 g/mol. The minimum atomic E-state index is -0.234. The monoisotopic (exact) mass is 411 g/mol. The van der Waals surface area contributed by atoms with Crippen LogP contribution in [0, 0.1) is 5.41 Å². The molecule has 5 N–H and O–H groups in total. The van der Waals surface area contributed by atoms with Crippen molar-refractivity contribution in [3.63, 3.8) is 0 Å². The average Bonchev–Trinajstić information content (AvgIpc) is 3.40. The van der Waals surface area contributed by atoms with Crippen LogP contribution in [0.3, 0.4) is 0 Å². The molecule has 1 amide bonds. The van der Waals surface area contributed by atoms with Gasteiger partial charge in [0, 0.05) is 49.2 Å². The Morgan fingerprint density at radius 1 is 1.10 bits per heavy atom. The molecule has 2 heterocycles. The fourth-order valence-corrected chi connectivity index (χ4v) is 4.57. The predicted molar refractivity (Wildman–Crippen MR) is 124 cm³/mol. The van der Waals surface area contributed by atoms with Crippen molar-refractivity contribution in [2.24, 2.45) is 0 Å². The van der Waals surface area contributed by atoms with Gasteiger partial charge in [-0.1, -0.05) is 18.2 Å².